The number of fused-ring (bicyclic) bond motifs is 4. The van der Waals surface area contributed by atoms with Crippen LogP contribution in [0.4, 0.5) is 0 Å². The lowest BCUT2D eigenvalue weighted by Crippen LogP contribution is -2.59. The Hall–Kier alpha value is -4.56. The fraction of sp³-hybridized carbons (Fsp3) is 0.636. The molecule has 14 heteroatoms. The first-order valence-electron chi connectivity index (χ1n) is 20.7. The molecule has 1 aliphatic carbocycles. The van der Waals surface area contributed by atoms with E-state index in [1.165, 1.54) is 13.8 Å². The molecule has 58 heavy (non-hydrogen) atoms. The van der Waals surface area contributed by atoms with Crippen LogP contribution < -0.4 is 28.4 Å². The summed E-state index contributed by atoms with van der Waals surface area (Å²) < 4.78 is 47.2. The van der Waals surface area contributed by atoms with Crippen molar-refractivity contribution in [2.45, 2.75) is 128 Å². The van der Waals surface area contributed by atoms with E-state index in [0.717, 1.165) is 84.5 Å². The summed E-state index contributed by atoms with van der Waals surface area (Å²) in [6, 6.07) is 8.85. The van der Waals surface area contributed by atoms with Gasteiger partial charge in [0.25, 0.3) is 0 Å². The zero-order chi connectivity index (χ0) is 41.5. The van der Waals surface area contributed by atoms with Crippen LogP contribution in [0.3, 0.4) is 0 Å². The summed E-state index contributed by atoms with van der Waals surface area (Å²) in [7, 11) is 10.7. The number of esters is 4. The quantitative estimate of drug-likeness (QED) is 0.132. The zero-order valence-electron chi connectivity index (χ0n) is 35.2. The van der Waals surface area contributed by atoms with Crippen molar-refractivity contribution in [2.24, 2.45) is 11.8 Å². The second-order valence-electron chi connectivity index (χ2n) is 17.5. The van der Waals surface area contributed by atoms with Crippen molar-refractivity contribution in [3.8, 4) is 34.5 Å². The highest BCUT2D eigenvalue weighted by Gasteiger charge is 2.55. The fourth-order valence-corrected chi connectivity index (χ4v) is 11.0. The predicted octanol–water partition coefficient (Wildman–Crippen LogP) is 5.66. The number of benzene rings is 2. The minimum Gasteiger partial charge on any atom is -0.493 e. The number of methoxy groups -OCH3 is 4. The van der Waals surface area contributed by atoms with E-state index in [2.05, 4.69) is 14.1 Å². The lowest BCUT2D eigenvalue weighted by molar-refractivity contribution is -0.961. The molecule has 0 spiro atoms. The number of quaternary nitrogens is 2. The molecule has 0 radical (unpaired) electrons. The zero-order valence-corrected chi connectivity index (χ0v) is 35.2. The molecule has 4 aliphatic heterocycles. The summed E-state index contributed by atoms with van der Waals surface area (Å²) in [5, 5.41) is 0. The number of hydrogen-bond donors (Lipinski definition) is 0. The molecule has 10 atom stereocenters. The Morgan fingerprint density at radius 2 is 0.810 bits per heavy atom. The molecule has 5 fully saturated rings. The van der Waals surface area contributed by atoms with E-state index in [1.807, 2.05) is 24.3 Å². The van der Waals surface area contributed by atoms with E-state index in [4.69, 9.17) is 37.9 Å². The number of rotatable bonds is 14. The number of carbonyl (C=O) groups excluding carboxylic acids is 4. The predicted molar refractivity (Wildman–Crippen MR) is 210 cm³/mol. The standard InChI is InChI=1S/C44H60N2O12/c1-25(47)55-41-37(51-5)15-27(16-38(41)52-6)23-45(3)29-9-10-30(45)20-33(19-29)57-43(49)35-13-14-36(35)44(50)58-34-21-31-11-12-32(22-34)46(31,4)24-28-17-39(53-7)42(56-26(2)48)40(18-28)54-8/h15-18,29-36H,9-14,19-24H2,1-8H3/q+2/t29-,30+,31-,32+,33+,34+,35?,36?,45?,46?. The molecule has 4 saturated heterocycles. The van der Waals surface area contributed by atoms with Crippen LogP contribution in [0.15, 0.2) is 24.3 Å². The Morgan fingerprint density at radius 3 is 1.05 bits per heavy atom. The van der Waals surface area contributed by atoms with Crippen LogP contribution >= 0.6 is 0 Å². The summed E-state index contributed by atoms with van der Waals surface area (Å²) >= 11 is 0. The molecule has 2 aromatic carbocycles. The van der Waals surface area contributed by atoms with Gasteiger partial charge in [-0.25, -0.2) is 0 Å². The highest BCUT2D eigenvalue weighted by Crippen LogP contribution is 2.48. The topological polar surface area (TPSA) is 142 Å². The number of hydrogen-bond acceptors (Lipinski definition) is 12. The van der Waals surface area contributed by atoms with Gasteiger partial charge in [-0.05, 0) is 37.1 Å². The van der Waals surface area contributed by atoms with Crippen LogP contribution in [-0.2, 0) is 41.7 Å². The number of piperidine rings is 2. The highest BCUT2D eigenvalue weighted by molar-refractivity contribution is 5.84. The summed E-state index contributed by atoms with van der Waals surface area (Å²) in [6.07, 6.45) is 8.10. The van der Waals surface area contributed by atoms with E-state index < -0.39 is 23.8 Å². The third-order valence-corrected chi connectivity index (χ3v) is 14.2. The number of carbonyl (C=O) groups is 4. The molecule has 5 aliphatic rings. The van der Waals surface area contributed by atoms with Gasteiger partial charge in [0.1, 0.15) is 25.3 Å². The van der Waals surface area contributed by atoms with Crippen molar-refractivity contribution in [3.63, 3.8) is 0 Å². The Balaban J connectivity index is 0.931. The van der Waals surface area contributed by atoms with E-state index in [1.54, 1.807) is 28.4 Å². The van der Waals surface area contributed by atoms with Crippen LogP contribution in [-0.4, -0.2) is 112 Å². The van der Waals surface area contributed by atoms with Crippen molar-refractivity contribution in [1.82, 2.24) is 0 Å². The van der Waals surface area contributed by atoms with Gasteiger partial charge in [-0.3, -0.25) is 19.2 Å². The smallest absolute Gasteiger partial charge is 0.310 e. The Labute approximate surface area is 341 Å². The molecule has 4 unspecified atom stereocenters. The maximum absolute atomic E-state index is 13.6. The van der Waals surface area contributed by atoms with E-state index >= 15 is 0 Å². The van der Waals surface area contributed by atoms with Gasteiger partial charge in [-0.2, -0.15) is 0 Å². The van der Waals surface area contributed by atoms with Gasteiger partial charge in [0.2, 0.25) is 11.5 Å². The van der Waals surface area contributed by atoms with Crippen molar-refractivity contribution < 1.29 is 66.0 Å². The fourth-order valence-electron chi connectivity index (χ4n) is 11.0. The second-order valence-corrected chi connectivity index (χ2v) is 17.5. The highest BCUT2D eigenvalue weighted by atomic mass is 16.6. The Bertz CT molecular complexity index is 1700. The lowest BCUT2D eigenvalue weighted by atomic mass is 9.73. The molecular formula is C44H60N2O12+2. The van der Waals surface area contributed by atoms with Crippen LogP contribution in [0.25, 0.3) is 0 Å². The molecule has 2 aromatic rings. The van der Waals surface area contributed by atoms with E-state index in [0.29, 0.717) is 60.0 Å². The van der Waals surface area contributed by atoms with Crippen molar-refractivity contribution in [3.05, 3.63) is 35.4 Å². The van der Waals surface area contributed by atoms with Crippen LogP contribution in [0.1, 0.15) is 89.2 Å². The maximum Gasteiger partial charge on any atom is 0.310 e. The lowest BCUT2D eigenvalue weighted by Gasteiger charge is -2.47. The van der Waals surface area contributed by atoms with Gasteiger partial charge in [0, 0.05) is 76.3 Å². The van der Waals surface area contributed by atoms with Crippen LogP contribution in [0.5, 0.6) is 34.5 Å². The first-order chi connectivity index (χ1) is 27.7. The van der Waals surface area contributed by atoms with E-state index in [9.17, 15) is 19.2 Å². The van der Waals surface area contributed by atoms with Gasteiger partial charge in [0.05, 0.1) is 78.5 Å². The van der Waals surface area contributed by atoms with Gasteiger partial charge in [0.15, 0.2) is 23.0 Å². The van der Waals surface area contributed by atoms with Crippen molar-refractivity contribution in [2.75, 3.05) is 42.5 Å². The van der Waals surface area contributed by atoms with Gasteiger partial charge in [-0.15, -0.1) is 0 Å². The molecule has 14 nitrogen and oxygen atoms in total. The SMILES string of the molecule is COc1cc(C[N+]2(C)[C@@H]3CC[C@H]2C[C@@H](OC(=O)C2CCC2C(=O)O[C@H]2C[C@H]4CC[C@@H](C2)[N+]4(C)Cc2cc(OC)c(OC(C)=O)c(OC)c2)C3)cc(OC)c1OC(C)=O. The Morgan fingerprint density at radius 1 is 0.517 bits per heavy atom. The monoisotopic (exact) mass is 808 g/mol. The van der Waals surface area contributed by atoms with Crippen molar-refractivity contribution in [1.29, 1.82) is 0 Å². The molecule has 4 bridgehead atoms. The Kier molecular flexibility index (Phi) is 11.9. The summed E-state index contributed by atoms with van der Waals surface area (Å²) in [6.45, 7) is 4.15. The summed E-state index contributed by atoms with van der Waals surface area (Å²) in [4.78, 5) is 50.7. The molecular weight excluding hydrogens is 748 g/mol. The normalized spacial score (nSPS) is 32.0. The summed E-state index contributed by atoms with van der Waals surface area (Å²) in [5.41, 5.74) is 2.02. The van der Waals surface area contributed by atoms with Crippen molar-refractivity contribution >= 4 is 23.9 Å². The minimum atomic E-state index is -0.468. The van der Waals surface area contributed by atoms with Gasteiger partial charge >= 0.3 is 23.9 Å². The molecule has 0 aromatic heterocycles. The van der Waals surface area contributed by atoms with Crippen LogP contribution in [0, 0.1) is 11.8 Å². The first kappa shape index (κ1) is 41.6. The number of ether oxygens (including phenoxy) is 8. The average Bonchev–Trinajstić information content (AvgIpc) is 3.38. The first-order valence-corrected chi connectivity index (χ1v) is 20.7. The molecule has 4 heterocycles. The van der Waals surface area contributed by atoms with Crippen LogP contribution in [0.2, 0.25) is 0 Å². The molecule has 1 saturated carbocycles. The molecule has 0 N–H and O–H groups in total. The van der Waals surface area contributed by atoms with Gasteiger partial charge < -0.3 is 46.9 Å². The molecule has 0 amide bonds. The van der Waals surface area contributed by atoms with Gasteiger partial charge in [-0.1, -0.05) is 0 Å². The third-order valence-electron chi connectivity index (χ3n) is 14.2. The average molecular weight is 809 g/mol. The number of nitrogens with zero attached hydrogens (tertiary/aromatic N) is 2. The minimum absolute atomic E-state index is 0.189. The second kappa shape index (κ2) is 16.6. The molecule has 7 rings (SSSR count). The maximum atomic E-state index is 13.6. The largest absolute Gasteiger partial charge is 0.493 e. The van der Waals surface area contributed by atoms with E-state index in [-0.39, 0.29) is 35.6 Å². The summed E-state index contributed by atoms with van der Waals surface area (Å²) in [5.74, 6) is -0.0833. The third kappa shape index (κ3) is 7.93. The molecule has 316 valence electrons.